The summed E-state index contributed by atoms with van der Waals surface area (Å²) in [4.78, 5) is 15.5. The van der Waals surface area contributed by atoms with E-state index in [2.05, 4.69) is 76.3 Å². The fraction of sp³-hybridized carbons (Fsp3) is 0.583. The van der Waals surface area contributed by atoms with Crippen LogP contribution in [0.25, 0.3) is 0 Å². The van der Waals surface area contributed by atoms with Crippen molar-refractivity contribution in [2.45, 2.75) is 70.6 Å². The Bertz CT molecular complexity index is 567. The van der Waals surface area contributed by atoms with Gasteiger partial charge in [-0.15, -0.1) is 0 Å². The number of rotatable bonds is 17. The summed E-state index contributed by atoms with van der Waals surface area (Å²) in [5.41, 5.74) is 0. The van der Waals surface area contributed by atoms with E-state index < -0.39 is 0 Å². The minimum absolute atomic E-state index is 0.207. The van der Waals surface area contributed by atoms with E-state index in [0.29, 0.717) is 6.42 Å². The van der Waals surface area contributed by atoms with Crippen LogP contribution in [0, 0.1) is 5.92 Å². The van der Waals surface area contributed by atoms with Crippen LogP contribution in [0.3, 0.4) is 0 Å². The predicted octanol–water partition coefficient (Wildman–Crippen LogP) is 6.35. The van der Waals surface area contributed by atoms with Gasteiger partial charge in [-0.05, 0) is 82.3 Å². The maximum absolute atomic E-state index is 11.6. The molecule has 0 aromatic heterocycles. The van der Waals surface area contributed by atoms with Crippen molar-refractivity contribution in [3.63, 3.8) is 0 Å². The largest absolute Gasteiger partial charge is 0.356 e. The summed E-state index contributed by atoms with van der Waals surface area (Å²) in [6.07, 6.45) is 29.1. The second-order valence-corrected chi connectivity index (χ2v) is 7.38. The van der Waals surface area contributed by atoms with Crippen molar-refractivity contribution in [3.05, 3.63) is 48.6 Å². The number of nitrogens with zero attached hydrogens (tertiary/aromatic N) is 1. The van der Waals surface area contributed by atoms with Crippen molar-refractivity contribution >= 4 is 23.3 Å². The maximum atomic E-state index is 11.6. The second kappa shape index (κ2) is 18.6. The van der Waals surface area contributed by atoms with Crippen LogP contribution in [-0.4, -0.2) is 24.2 Å². The van der Waals surface area contributed by atoms with Crippen LogP contribution in [0.4, 0.5) is 0 Å². The molecule has 1 rings (SSSR count). The van der Waals surface area contributed by atoms with Crippen LogP contribution >= 0.6 is 12.2 Å². The molecule has 1 fully saturated rings. The number of carbonyl (C=O) groups is 1. The van der Waals surface area contributed by atoms with E-state index in [1.54, 1.807) is 0 Å². The Morgan fingerprint density at radius 3 is 2.04 bits per heavy atom. The molecule has 154 valence electrons. The van der Waals surface area contributed by atoms with Crippen LogP contribution < -0.4 is 5.32 Å². The molecular weight excluding hydrogens is 364 g/mol. The molecule has 0 atom stereocenters. The molecule has 0 heterocycles. The fourth-order valence-electron chi connectivity index (χ4n) is 2.60. The molecule has 0 saturated heterocycles. The summed E-state index contributed by atoms with van der Waals surface area (Å²) >= 11 is 4.53. The zero-order chi connectivity index (χ0) is 20.1. The summed E-state index contributed by atoms with van der Waals surface area (Å²) in [5.74, 6) is 0.970. The first-order chi connectivity index (χ1) is 13.8. The quantitative estimate of drug-likeness (QED) is 0.134. The van der Waals surface area contributed by atoms with Gasteiger partial charge in [-0.3, -0.25) is 4.79 Å². The molecule has 28 heavy (non-hydrogen) atoms. The third kappa shape index (κ3) is 17.6. The average Bonchev–Trinajstić information content (AvgIpc) is 3.52. The number of thiocarbonyl (C=S) groups is 1. The molecule has 0 radical (unpaired) electrons. The van der Waals surface area contributed by atoms with Crippen molar-refractivity contribution in [2.75, 3.05) is 13.1 Å². The van der Waals surface area contributed by atoms with E-state index in [0.717, 1.165) is 70.4 Å². The molecule has 0 bridgehead atoms. The molecule has 0 aromatic carbocycles. The normalized spacial score (nSPS) is 14.4. The zero-order valence-corrected chi connectivity index (χ0v) is 18.0. The van der Waals surface area contributed by atoms with Gasteiger partial charge in [0.1, 0.15) is 0 Å². The van der Waals surface area contributed by atoms with E-state index >= 15 is 0 Å². The van der Waals surface area contributed by atoms with Gasteiger partial charge >= 0.3 is 0 Å². The summed E-state index contributed by atoms with van der Waals surface area (Å²) < 4.78 is 0. The number of aliphatic imine (C=N–C) groups is 1. The Hall–Kier alpha value is -1.77. The Kier molecular flexibility index (Phi) is 16.1. The summed E-state index contributed by atoms with van der Waals surface area (Å²) in [6.45, 7) is 1.69. The predicted molar refractivity (Wildman–Crippen MR) is 124 cm³/mol. The number of nitrogens with one attached hydrogen (secondary N) is 1. The average molecular weight is 401 g/mol. The van der Waals surface area contributed by atoms with Gasteiger partial charge in [0.05, 0.1) is 5.16 Å². The van der Waals surface area contributed by atoms with Crippen LogP contribution in [0.15, 0.2) is 53.6 Å². The standard InChI is InChI=1S/C24H36N2OS/c27-24(26-21-23-18-19-23)17-15-13-11-9-7-5-3-1-2-4-6-8-10-12-14-16-20-25-22-28/h2-5,8-11,23H,1,6-7,12-21H2,(H,26,27)/b4-2-,5-3-,10-8-,11-9-. The van der Waals surface area contributed by atoms with Crippen LogP contribution in [0.1, 0.15) is 70.6 Å². The number of carbonyl (C=O) groups excluding carboxylic acids is 1. The lowest BCUT2D eigenvalue weighted by molar-refractivity contribution is -0.121. The van der Waals surface area contributed by atoms with Gasteiger partial charge in [0.2, 0.25) is 5.91 Å². The minimum atomic E-state index is 0.207. The van der Waals surface area contributed by atoms with E-state index in [4.69, 9.17) is 0 Å². The monoisotopic (exact) mass is 400 g/mol. The molecule has 3 nitrogen and oxygen atoms in total. The molecular formula is C24H36N2OS. The van der Waals surface area contributed by atoms with Crippen molar-refractivity contribution < 1.29 is 4.79 Å². The Morgan fingerprint density at radius 1 is 0.893 bits per heavy atom. The van der Waals surface area contributed by atoms with Gasteiger partial charge in [-0.1, -0.05) is 48.6 Å². The Labute approximate surface area is 176 Å². The van der Waals surface area contributed by atoms with E-state index in [1.165, 1.54) is 12.8 Å². The second-order valence-electron chi connectivity index (χ2n) is 7.20. The number of hydrogen-bond acceptors (Lipinski definition) is 3. The first kappa shape index (κ1) is 24.3. The minimum Gasteiger partial charge on any atom is -0.356 e. The highest BCUT2D eigenvalue weighted by Crippen LogP contribution is 2.27. The highest BCUT2D eigenvalue weighted by molar-refractivity contribution is 7.78. The molecule has 0 aromatic rings. The number of hydrogen-bond donors (Lipinski definition) is 1. The molecule has 0 aliphatic heterocycles. The fourth-order valence-corrected chi connectivity index (χ4v) is 2.69. The summed E-state index contributed by atoms with van der Waals surface area (Å²) in [5, 5.41) is 5.40. The van der Waals surface area contributed by atoms with E-state index in [-0.39, 0.29) is 5.91 Å². The molecule has 0 spiro atoms. The first-order valence-electron chi connectivity index (χ1n) is 10.7. The molecule has 1 aliphatic carbocycles. The van der Waals surface area contributed by atoms with Gasteiger partial charge in [-0.2, -0.15) is 0 Å². The summed E-state index contributed by atoms with van der Waals surface area (Å²) in [6, 6.07) is 0. The first-order valence-corrected chi connectivity index (χ1v) is 11.1. The topological polar surface area (TPSA) is 41.5 Å². The SMILES string of the molecule is O=C(CCC/C=C\C/C=C\C/C=C\C/C=C\CCCCN=C=S)NCC1CC1. The lowest BCUT2D eigenvalue weighted by Crippen LogP contribution is -2.24. The highest BCUT2D eigenvalue weighted by atomic mass is 32.1. The molecule has 1 amide bonds. The van der Waals surface area contributed by atoms with E-state index in [1.807, 2.05) is 0 Å². The molecule has 1 aliphatic rings. The van der Waals surface area contributed by atoms with Gasteiger partial charge in [0.15, 0.2) is 0 Å². The van der Waals surface area contributed by atoms with Gasteiger partial charge in [-0.25, -0.2) is 4.99 Å². The highest BCUT2D eigenvalue weighted by Gasteiger charge is 2.21. The molecule has 1 saturated carbocycles. The lowest BCUT2D eigenvalue weighted by Gasteiger charge is -2.02. The Morgan fingerprint density at radius 2 is 1.46 bits per heavy atom. The number of allylic oxidation sites excluding steroid dienone is 8. The summed E-state index contributed by atoms with van der Waals surface area (Å²) in [7, 11) is 0. The molecule has 4 heteroatoms. The number of unbranched alkanes of at least 4 members (excludes halogenated alkanes) is 3. The molecule has 0 unspecified atom stereocenters. The van der Waals surface area contributed by atoms with Crippen molar-refractivity contribution in [1.82, 2.24) is 5.32 Å². The van der Waals surface area contributed by atoms with Gasteiger partial charge < -0.3 is 5.32 Å². The van der Waals surface area contributed by atoms with Crippen LogP contribution in [-0.2, 0) is 4.79 Å². The zero-order valence-electron chi connectivity index (χ0n) is 17.2. The van der Waals surface area contributed by atoms with Crippen LogP contribution in [0.2, 0.25) is 0 Å². The third-order valence-electron chi connectivity index (χ3n) is 4.50. The lowest BCUT2D eigenvalue weighted by atomic mass is 10.2. The van der Waals surface area contributed by atoms with Gasteiger partial charge in [0, 0.05) is 19.5 Å². The molecule has 1 N–H and O–H groups in total. The van der Waals surface area contributed by atoms with E-state index in [9.17, 15) is 4.79 Å². The van der Waals surface area contributed by atoms with Crippen molar-refractivity contribution in [3.8, 4) is 0 Å². The van der Waals surface area contributed by atoms with Crippen LogP contribution in [0.5, 0.6) is 0 Å². The number of amides is 1. The van der Waals surface area contributed by atoms with Crippen molar-refractivity contribution in [2.24, 2.45) is 10.9 Å². The smallest absolute Gasteiger partial charge is 0.220 e. The van der Waals surface area contributed by atoms with Crippen molar-refractivity contribution in [1.29, 1.82) is 0 Å². The third-order valence-corrected chi connectivity index (χ3v) is 4.63. The Balaban J connectivity index is 1.85. The maximum Gasteiger partial charge on any atom is 0.220 e. The van der Waals surface area contributed by atoms with Gasteiger partial charge in [0.25, 0.3) is 0 Å². The number of isothiocyanates is 1.